The number of hydrogen-bond acceptors (Lipinski definition) is 4. The summed E-state index contributed by atoms with van der Waals surface area (Å²) < 4.78 is 0. The molecule has 0 spiro atoms. The van der Waals surface area contributed by atoms with Crippen molar-refractivity contribution in [3.8, 4) is 6.07 Å². The van der Waals surface area contributed by atoms with E-state index in [0.717, 1.165) is 22.4 Å². The van der Waals surface area contributed by atoms with E-state index in [1.807, 2.05) is 30.3 Å². The van der Waals surface area contributed by atoms with Gasteiger partial charge in [0.15, 0.2) is 0 Å². The van der Waals surface area contributed by atoms with Gasteiger partial charge in [-0.3, -0.25) is 4.79 Å². The van der Waals surface area contributed by atoms with Crippen LogP contribution in [0.1, 0.15) is 49.3 Å². The molecular formula is C21H23N3OS. The molecule has 2 N–H and O–H groups in total. The van der Waals surface area contributed by atoms with Gasteiger partial charge >= 0.3 is 0 Å². The first-order valence-corrected chi connectivity index (χ1v) is 9.43. The summed E-state index contributed by atoms with van der Waals surface area (Å²) in [4.78, 5) is 13.5. The number of carbonyl (C=O) groups is 1. The zero-order chi connectivity index (χ0) is 18.9. The molecule has 0 saturated heterocycles. The van der Waals surface area contributed by atoms with Gasteiger partial charge in [-0.05, 0) is 51.3 Å². The zero-order valence-corrected chi connectivity index (χ0v) is 16.3. The first-order chi connectivity index (χ1) is 12.2. The number of nitrogens with one attached hydrogen (secondary N) is 2. The van der Waals surface area contributed by atoms with Crippen molar-refractivity contribution in [1.29, 1.82) is 5.26 Å². The number of amides is 1. The molecule has 4 nitrogen and oxygen atoms in total. The second kappa shape index (κ2) is 6.71. The van der Waals surface area contributed by atoms with Crippen LogP contribution in [0.25, 0.3) is 6.08 Å². The summed E-state index contributed by atoms with van der Waals surface area (Å²) in [6.45, 7) is 8.51. The smallest absolute Gasteiger partial charge is 0.249 e. The molecule has 1 aliphatic heterocycles. The summed E-state index contributed by atoms with van der Waals surface area (Å²) >= 11 is 1.49. The number of carbonyl (C=O) groups excluding carboxylic acids is 1. The van der Waals surface area contributed by atoms with E-state index in [1.165, 1.54) is 17.4 Å². The molecule has 1 aromatic carbocycles. The maximum absolute atomic E-state index is 12.3. The molecule has 0 atom stereocenters. The lowest BCUT2D eigenvalue weighted by Crippen LogP contribution is -2.54. The Morgan fingerprint density at radius 1 is 1.27 bits per heavy atom. The minimum Gasteiger partial charge on any atom is -0.313 e. The van der Waals surface area contributed by atoms with Crippen molar-refractivity contribution < 1.29 is 4.79 Å². The van der Waals surface area contributed by atoms with Crippen LogP contribution < -0.4 is 10.6 Å². The van der Waals surface area contributed by atoms with Gasteiger partial charge in [-0.2, -0.15) is 5.26 Å². The number of nitrogens with zero attached hydrogens (tertiary/aromatic N) is 1. The van der Waals surface area contributed by atoms with Crippen LogP contribution >= 0.6 is 11.3 Å². The minimum atomic E-state index is -0.240. The summed E-state index contributed by atoms with van der Waals surface area (Å²) in [5.74, 6) is -0.228. The number of nitriles is 1. The lowest BCUT2D eigenvalue weighted by atomic mass is 9.81. The summed E-state index contributed by atoms with van der Waals surface area (Å²) in [5, 5.41) is 16.8. The molecule has 1 amide bonds. The Bertz CT molecular complexity index is 901. The topological polar surface area (TPSA) is 64.9 Å². The van der Waals surface area contributed by atoms with E-state index in [-0.39, 0.29) is 17.0 Å². The predicted octanol–water partition coefficient (Wildman–Crippen LogP) is 4.43. The highest BCUT2D eigenvalue weighted by molar-refractivity contribution is 7.17. The van der Waals surface area contributed by atoms with Crippen molar-refractivity contribution >= 4 is 28.3 Å². The summed E-state index contributed by atoms with van der Waals surface area (Å²) in [7, 11) is 0. The quantitative estimate of drug-likeness (QED) is 0.791. The van der Waals surface area contributed by atoms with Gasteiger partial charge in [0.25, 0.3) is 0 Å². The number of hydrogen-bond donors (Lipinski definition) is 2. The Morgan fingerprint density at radius 3 is 2.62 bits per heavy atom. The van der Waals surface area contributed by atoms with E-state index in [2.05, 4.69) is 44.4 Å². The lowest BCUT2D eigenvalue weighted by Gasteiger charge is -2.42. The largest absolute Gasteiger partial charge is 0.313 e. The molecule has 1 aromatic heterocycles. The summed E-state index contributed by atoms with van der Waals surface area (Å²) in [6.07, 6.45) is 4.03. The van der Waals surface area contributed by atoms with Gasteiger partial charge in [-0.15, -0.1) is 11.3 Å². The zero-order valence-electron chi connectivity index (χ0n) is 15.5. The Labute approximate surface area is 158 Å². The lowest BCUT2D eigenvalue weighted by molar-refractivity contribution is -0.111. The van der Waals surface area contributed by atoms with E-state index in [1.54, 1.807) is 6.08 Å². The van der Waals surface area contributed by atoms with Gasteiger partial charge in [-0.1, -0.05) is 30.3 Å². The van der Waals surface area contributed by atoms with Gasteiger partial charge < -0.3 is 10.6 Å². The van der Waals surface area contributed by atoms with Crippen LogP contribution in [-0.4, -0.2) is 11.4 Å². The average Bonchev–Trinajstić information content (AvgIpc) is 2.90. The second-order valence-electron chi connectivity index (χ2n) is 7.77. The van der Waals surface area contributed by atoms with Crippen LogP contribution in [0.2, 0.25) is 0 Å². The molecule has 2 heterocycles. The third-order valence-electron chi connectivity index (χ3n) is 4.42. The van der Waals surface area contributed by atoms with Gasteiger partial charge in [-0.25, -0.2) is 0 Å². The molecule has 5 heteroatoms. The van der Waals surface area contributed by atoms with Crippen LogP contribution in [0.5, 0.6) is 0 Å². The molecule has 3 rings (SSSR count). The van der Waals surface area contributed by atoms with Crippen molar-refractivity contribution in [3.63, 3.8) is 0 Å². The van der Waals surface area contributed by atoms with E-state index in [9.17, 15) is 10.1 Å². The Kier molecular flexibility index (Phi) is 4.74. The molecule has 0 unspecified atom stereocenters. The average molecular weight is 366 g/mol. The monoisotopic (exact) mass is 365 g/mol. The van der Waals surface area contributed by atoms with Crippen LogP contribution in [0.15, 0.2) is 36.4 Å². The van der Waals surface area contributed by atoms with Gasteiger partial charge in [0.05, 0.1) is 5.56 Å². The number of anilines is 1. The predicted molar refractivity (Wildman–Crippen MR) is 107 cm³/mol. The van der Waals surface area contributed by atoms with Crippen molar-refractivity contribution in [2.75, 3.05) is 5.32 Å². The fourth-order valence-electron chi connectivity index (χ4n) is 3.62. The number of benzene rings is 1. The molecule has 0 saturated carbocycles. The van der Waals surface area contributed by atoms with Gasteiger partial charge in [0.1, 0.15) is 11.1 Å². The van der Waals surface area contributed by atoms with E-state index < -0.39 is 0 Å². The molecule has 0 aliphatic carbocycles. The molecule has 2 aromatic rings. The van der Waals surface area contributed by atoms with Gasteiger partial charge in [0.2, 0.25) is 5.91 Å². The van der Waals surface area contributed by atoms with Crippen molar-refractivity contribution in [1.82, 2.24) is 5.32 Å². The number of thiophene rings is 1. The fourth-order valence-corrected chi connectivity index (χ4v) is 4.85. The fraction of sp³-hybridized carbons (Fsp3) is 0.333. The molecule has 1 aliphatic rings. The molecule has 0 bridgehead atoms. The highest BCUT2D eigenvalue weighted by Crippen LogP contribution is 2.44. The first-order valence-electron chi connectivity index (χ1n) is 8.61. The van der Waals surface area contributed by atoms with Crippen LogP contribution in [0.3, 0.4) is 0 Å². The number of fused-ring (bicyclic) bond motifs is 1. The molecule has 134 valence electrons. The second-order valence-corrected chi connectivity index (χ2v) is 8.79. The minimum absolute atomic E-state index is 0.0995. The Morgan fingerprint density at radius 2 is 1.96 bits per heavy atom. The highest BCUT2D eigenvalue weighted by atomic mass is 32.1. The van der Waals surface area contributed by atoms with Crippen LogP contribution in [0.4, 0.5) is 5.00 Å². The summed E-state index contributed by atoms with van der Waals surface area (Å²) in [5.41, 5.74) is 2.26. The van der Waals surface area contributed by atoms with E-state index in [4.69, 9.17) is 0 Å². The van der Waals surface area contributed by atoms with Crippen molar-refractivity contribution in [2.45, 2.75) is 45.2 Å². The molecule has 0 fully saturated rings. The van der Waals surface area contributed by atoms with Crippen LogP contribution in [0, 0.1) is 11.3 Å². The first kappa shape index (κ1) is 18.4. The normalized spacial score (nSPS) is 17.5. The van der Waals surface area contributed by atoms with E-state index >= 15 is 0 Å². The number of rotatable bonds is 3. The standard InChI is InChI=1S/C21H23N3OS/c1-20(2)12-15-16(13-22)19(26-18(15)21(3,4)24-20)23-17(25)11-10-14-8-6-5-7-9-14/h5-11,24H,12H2,1-4H3,(H,23,25)/b11-10+. The maximum Gasteiger partial charge on any atom is 0.249 e. The third-order valence-corrected chi connectivity index (χ3v) is 5.89. The summed E-state index contributed by atoms with van der Waals surface area (Å²) in [6, 6.07) is 12.0. The molecule has 26 heavy (non-hydrogen) atoms. The van der Waals surface area contributed by atoms with E-state index in [0.29, 0.717) is 10.6 Å². The maximum atomic E-state index is 12.3. The van der Waals surface area contributed by atoms with Gasteiger partial charge in [0, 0.05) is 22.0 Å². The Hall–Kier alpha value is -2.42. The molecule has 0 radical (unpaired) electrons. The SMILES string of the molecule is CC1(C)Cc2c(sc(NC(=O)/C=C/c3ccccc3)c2C#N)C(C)(C)N1. The third kappa shape index (κ3) is 3.72. The Balaban J connectivity index is 1.88. The van der Waals surface area contributed by atoms with Crippen molar-refractivity contribution in [3.05, 3.63) is 58.0 Å². The van der Waals surface area contributed by atoms with Crippen LogP contribution in [-0.2, 0) is 16.8 Å². The molecular weight excluding hydrogens is 342 g/mol. The van der Waals surface area contributed by atoms with Crippen molar-refractivity contribution in [2.24, 2.45) is 0 Å². The highest BCUT2D eigenvalue weighted by Gasteiger charge is 2.40.